The van der Waals surface area contributed by atoms with Crippen molar-refractivity contribution >= 4 is 5.96 Å². The Labute approximate surface area is 134 Å². The van der Waals surface area contributed by atoms with Crippen molar-refractivity contribution < 1.29 is 9.47 Å². The third-order valence-corrected chi connectivity index (χ3v) is 4.67. The number of hydrogen-bond donors (Lipinski definition) is 1. The molecular formula is C16H32N4O2. The largest absolute Gasteiger partial charge is 0.381 e. The first-order chi connectivity index (χ1) is 10.6. The standard InChI is InChI=1S/C16H32N4O2/c1-13(20-6-8-22-11-14(20)2)9-18-16(17-3)19(4)10-15-5-7-21-12-15/h13-15H,5-12H2,1-4H3,(H,17,18). The lowest BCUT2D eigenvalue weighted by Gasteiger charge is -2.38. The van der Waals surface area contributed by atoms with Gasteiger partial charge in [0, 0.05) is 58.3 Å². The van der Waals surface area contributed by atoms with Crippen LogP contribution in [0, 0.1) is 5.92 Å². The molecule has 2 aliphatic rings. The SMILES string of the molecule is CN=C(NCC(C)N1CCOCC1C)N(C)CC1CCOC1. The lowest BCUT2D eigenvalue weighted by molar-refractivity contribution is -0.0175. The van der Waals surface area contributed by atoms with Crippen molar-refractivity contribution in [2.24, 2.45) is 10.9 Å². The quantitative estimate of drug-likeness (QED) is 0.596. The molecule has 0 spiro atoms. The van der Waals surface area contributed by atoms with Gasteiger partial charge in [0.05, 0.1) is 19.8 Å². The number of aliphatic imine (C=N–C) groups is 1. The molecule has 128 valence electrons. The molecular weight excluding hydrogens is 280 g/mol. The van der Waals surface area contributed by atoms with Crippen LogP contribution in [0.1, 0.15) is 20.3 Å². The molecule has 2 aliphatic heterocycles. The highest BCUT2D eigenvalue weighted by Crippen LogP contribution is 2.13. The smallest absolute Gasteiger partial charge is 0.193 e. The predicted molar refractivity (Wildman–Crippen MR) is 89.4 cm³/mol. The van der Waals surface area contributed by atoms with Crippen molar-refractivity contribution in [1.82, 2.24) is 15.1 Å². The zero-order valence-electron chi connectivity index (χ0n) is 14.5. The second kappa shape index (κ2) is 8.70. The van der Waals surface area contributed by atoms with Gasteiger partial charge < -0.3 is 19.7 Å². The molecule has 22 heavy (non-hydrogen) atoms. The van der Waals surface area contributed by atoms with E-state index in [1.165, 1.54) is 0 Å². The Morgan fingerprint density at radius 1 is 1.36 bits per heavy atom. The molecule has 0 amide bonds. The van der Waals surface area contributed by atoms with Crippen LogP contribution in [0.4, 0.5) is 0 Å². The molecule has 3 unspecified atom stereocenters. The van der Waals surface area contributed by atoms with Crippen molar-refractivity contribution in [1.29, 1.82) is 0 Å². The van der Waals surface area contributed by atoms with E-state index in [9.17, 15) is 0 Å². The van der Waals surface area contributed by atoms with E-state index in [0.717, 1.165) is 58.4 Å². The number of hydrogen-bond acceptors (Lipinski definition) is 4. The molecule has 6 nitrogen and oxygen atoms in total. The Bertz CT molecular complexity index is 358. The number of nitrogens with one attached hydrogen (secondary N) is 1. The summed E-state index contributed by atoms with van der Waals surface area (Å²) in [6.07, 6.45) is 1.16. The number of nitrogens with zero attached hydrogens (tertiary/aromatic N) is 3. The fourth-order valence-electron chi connectivity index (χ4n) is 3.34. The van der Waals surface area contributed by atoms with Crippen LogP contribution in [0.25, 0.3) is 0 Å². The number of morpholine rings is 1. The maximum absolute atomic E-state index is 5.52. The van der Waals surface area contributed by atoms with E-state index < -0.39 is 0 Å². The third-order valence-electron chi connectivity index (χ3n) is 4.67. The highest BCUT2D eigenvalue weighted by atomic mass is 16.5. The van der Waals surface area contributed by atoms with Gasteiger partial charge in [-0.1, -0.05) is 0 Å². The molecule has 2 fully saturated rings. The second-order valence-corrected chi connectivity index (χ2v) is 6.55. The van der Waals surface area contributed by atoms with Crippen molar-refractivity contribution in [2.75, 3.05) is 60.2 Å². The molecule has 2 heterocycles. The lowest BCUT2D eigenvalue weighted by Crippen LogP contribution is -2.53. The van der Waals surface area contributed by atoms with Crippen molar-refractivity contribution in [3.05, 3.63) is 0 Å². The highest BCUT2D eigenvalue weighted by molar-refractivity contribution is 5.79. The lowest BCUT2D eigenvalue weighted by atomic mass is 10.1. The monoisotopic (exact) mass is 312 g/mol. The van der Waals surface area contributed by atoms with E-state index >= 15 is 0 Å². The first-order valence-electron chi connectivity index (χ1n) is 8.44. The maximum atomic E-state index is 5.52. The topological polar surface area (TPSA) is 49.3 Å². The van der Waals surface area contributed by atoms with Crippen molar-refractivity contribution in [3.8, 4) is 0 Å². The van der Waals surface area contributed by atoms with Gasteiger partial charge in [0.25, 0.3) is 0 Å². The van der Waals surface area contributed by atoms with Crippen LogP contribution in [0.2, 0.25) is 0 Å². The van der Waals surface area contributed by atoms with Gasteiger partial charge in [0.2, 0.25) is 0 Å². The molecule has 3 atom stereocenters. The summed E-state index contributed by atoms with van der Waals surface area (Å²) in [4.78, 5) is 9.14. The minimum Gasteiger partial charge on any atom is -0.381 e. The van der Waals surface area contributed by atoms with Gasteiger partial charge in [-0.15, -0.1) is 0 Å². The Hall–Kier alpha value is -0.850. The van der Waals surface area contributed by atoms with Crippen LogP contribution in [-0.2, 0) is 9.47 Å². The molecule has 2 rings (SSSR count). The van der Waals surface area contributed by atoms with Gasteiger partial charge >= 0.3 is 0 Å². The number of ether oxygens (including phenoxy) is 2. The minimum absolute atomic E-state index is 0.471. The molecule has 0 aliphatic carbocycles. The van der Waals surface area contributed by atoms with Crippen LogP contribution in [0.5, 0.6) is 0 Å². The molecule has 6 heteroatoms. The van der Waals surface area contributed by atoms with Gasteiger partial charge in [-0.05, 0) is 20.3 Å². The van der Waals surface area contributed by atoms with Gasteiger partial charge in [0.15, 0.2) is 5.96 Å². The Morgan fingerprint density at radius 2 is 2.14 bits per heavy atom. The van der Waals surface area contributed by atoms with Crippen molar-refractivity contribution in [3.63, 3.8) is 0 Å². The first kappa shape index (κ1) is 17.5. The molecule has 0 aromatic heterocycles. The molecule has 1 N–H and O–H groups in total. The van der Waals surface area contributed by atoms with Crippen LogP contribution in [0.3, 0.4) is 0 Å². The third kappa shape index (κ3) is 4.83. The Balaban J connectivity index is 1.77. The molecule has 2 saturated heterocycles. The average molecular weight is 312 g/mol. The summed E-state index contributed by atoms with van der Waals surface area (Å²) in [6, 6.07) is 0.958. The highest BCUT2D eigenvalue weighted by Gasteiger charge is 2.24. The zero-order chi connectivity index (χ0) is 15.9. The second-order valence-electron chi connectivity index (χ2n) is 6.55. The summed E-state index contributed by atoms with van der Waals surface area (Å²) in [7, 11) is 3.96. The van der Waals surface area contributed by atoms with E-state index in [1.54, 1.807) is 0 Å². The van der Waals surface area contributed by atoms with E-state index in [0.29, 0.717) is 18.0 Å². The summed E-state index contributed by atoms with van der Waals surface area (Å²) in [6.45, 7) is 10.9. The molecule has 0 aromatic rings. The van der Waals surface area contributed by atoms with Gasteiger partial charge in [-0.3, -0.25) is 9.89 Å². The van der Waals surface area contributed by atoms with E-state index in [2.05, 4.69) is 41.0 Å². The summed E-state index contributed by atoms with van der Waals surface area (Å²) in [5.41, 5.74) is 0. The number of guanidine groups is 1. The predicted octanol–water partition coefficient (Wildman–Crippen LogP) is 0.639. The minimum atomic E-state index is 0.471. The first-order valence-corrected chi connectivity index (χ1v) is 8.44. The van der Waals surface area contributed by atoms with E-state index in [-0.39, 0.29) is 0 Å². The summed E-state index contributed by atoms with van der Waals surface area (Å²) < 4.78 is 11.0. The molecule has 0 bridgehead atoms. The van der Waals surface area contributed by atoms with Gasteiger partial charge in [0.1, 0.15) is 0 Å². The normalized spacial score (nSPS) is 28.6. The molecule has 0 aromatic carbocycles. The number of rotatable bonds is 5. The summed E-state index contributed by atoms with van der Waals surface area (Å²) in [5, 5.41) is 3.51. The van der Waals surface area contributed by atoms with Crippen LogP contribution >= 0.6 is 0 Å². The van der Waals surface area contributed by atoms with E-state index in [4.69, 9.17) is 9.47 Å². The average Bonchev–Trinajstić information content (AvgIpc) is 3.01. The van der Waals surface area contributed by atoms with Crippen LogP contribution in [0.15, 0.2) is 4.99 Å². The van der Waals surface area contributed by atoms with Gasteiger partial charge in [-0.2, -0.15) is 0 Å². The van der Waals surface area contributed by atoms with Crippen LogP contribution in [-0.4, -0.2) is 88.0 Å². The van der Waals surface area contributed by atoms with Crippen LogP contribution < -0.4 is 5.32 Å². The zero-order valence-corrected chi connectivity index (χ0v) is 14.5. The summed E-state index contributed by atoms with van der Waals surface area (Å²) >= 11 is 0. The molecule has 0 radical (unpaired) electrons. The Kier molecular flexibility index (Phi) is 6.92. The fraction of sp³-hybridized carbons (Fsp3) is 0.938. The fourth-order valence-corrected chi connectivity index (χ4v) is 3.34. The van der Waals surface area contributed by atoms with E-state index in [1.807, 2.05) is 7.05 Å². The van der Waals surface area contributed by atoms with Crippen molar-refractivity contribution in [2.45, 2.75) is 32.4 Å². The summed E-state index contributed by atoms with van der Waals surface area (Å²) in [5.74, 6) is 1.60. The maximum Gasteiger partial charge on any atom is 0.193 e. The van der Waals surface area contributed by atoms with Gasteiger partial charge in [-0.25, -0.2) is 0 Å². The Morgan fingerprint density at radius 3 is 2.77 bits per heavy atom. The molecule has 0 saturated carbocycles.